The van der Waals surface area contributed by atoms with Crippen molar-refractivity contribution in [3.63, 3.8) is 0 Å². The van der Waals surface area contributed by atoms with E-state index in [0.29, 0.717) is 0 Å². The molecular formula is C23H31NO3. The minimum atomic E-state index is -1.11. The minimum Gasteiger partial charge on any atom is -0.496 e. The maximum absolute atomic E-state index is 12.1. The number of aliphatic hydroxyl groups is 1. The van der Waals surface area contributed by atoms with Crippen molar-refractivity contribution in [1.29, 1.82) is 0 Å². The standard InChI is InChI=1S/C23H31NO3/c1-14-10-18(11-15(2)21(14)26-5)23(25,20-8-7-9-24-20)19-12-16(3)22(27-6)17(4)13-19/h10-13,20,24-25H,7-9H2,1-6H3/t20-/m0/s1. The van der Waals surface area contributed by atoms with Gasteiger partial charge >= 0.3 is 0 Å². The van der Waals surface area contributed by atoms with E-state index in [1.807, 2.05) is 27.7 Å². The van der Waals surface area contributed by atoms with Crippen LogP contribution in [0.25, 0.3) is 0 Å². The van der Waals surface area contributed by atoms with Gasteiger partial charge in [0, 0.05) is 6.04 Å². The van der Waals surface area contributed by atoms with Gasteiger partial charge in [0.25, 0.3) is 0 Å². The van der Waals surface area contributed by atoms with Gasteiger partial charge in [0.1, 0.15) is 17.1 Å². The third kappa shape index (κ3) is 3.32. The number of rotatable bonds is 5. The Kier molecular flexibility index (Phi) is 5.50. The lowest BCUT2D eigenvalue weighted by Gasteiger charge is -2.36. The number of methoxy groups -OCH3 is 2. The lowest BCUT2D eigenvalue weighted by Crippen LogP contribution is -2.46. The summed E-state index contributed by atoms with van der Waals surface area (Å²) in [6.07, 6.45) is 2.00. The summed E-state index contributed by atoms with van der Waals surface area (Å²) in [7, 11) is 3.38. The topological polar surface area (TPSA) is 50.7 Å². The van der Waals surface area contributed by atoms with Crippen LogP contribution in [0.4, 0.5) is 0 Å². The zero-order valence-electron chi connectivity index (χ0n) is 17.3. The number of benzene rings is 2. The van der Waals surface area contributed by atoms with E-state index < -0.39 is 5.60 Å². The van der Waals surface area contributed by atoms with E-state index in [4.69, 9.17) is 9.47 Å². The molecule has 0 radical (unpaired) electrons. The third-order valence-electron chi connectivity index (χ3n) is 5.77. The van der Waals surface area contributed by atoms with Crippen LogP contribution in [-0.4, -0.2) is 31.9 Å². The van der Waals surface area contributed by atoms with Crippen LogP contribution in [0.2, 0.25) is 0 Å². The second kappa shape index (κ2) is 7.53. The molecule has 1 aliphatic heterocycles. The van der Waals surface area contributed by atoms with Crippen LogP contribution in [0.1, 0.15) is 46.2 Å². The highest BCUT2D eigenvalue weighted by atomic mass is 16.5. The van der Waals surface area contributed by atoms with Crippen LogP contribution in [0, 0.1) is 27.7 Å². The highest BCUT2D eigenvalue weighted by Gasteiger charge is 2.42. The van der Waals surface area contributed by atoms with E-state index in [-0.39, 0.29) is 6.04 Å². The maximum Gasteiger partial charge on any atom is 0.130 e. The van der Waals surface area contributed by atoms with Crippen molar-refractivity contribution in [3.05, 3.63) is 57.6 Å². The van der Waals surface area contributed by atoms with Crippen molar-refractivity contribution < 1.29 is 14.6 Å². The Hall–Kier alpha value is -2.04. The fourth-order valence-electron chi connectivity index (χ4n) is 4.59. The molecule has 3 rings (SSSR count). The molecule has 0 unspecified atom stereocenters. The summed E-state index contributed by atoms with van der Waals surface area (Å²) >= 11 is 0. The van der Waals surface area contributed by atoms with Crippen LogP contribution >= 0.6 is 0 Å². The Morgan fingerprint density at radius 1 is 0.852 bits per heavy atom. The zero-order valence-corrected chi connectivity index (χ0v) is 17.3. The van der Waals surface area contributed by atoms with Crippen LogP contribution in [0.3, 0.4) is 0 Å². The molecule has 0 aromatic heterocycles. The molecule has 1 heterocycles. The Labute approximate surface area is 162 Å². The highest BCUT2D eigenvalue weighted by Crippen LogP contribution is 2.41. The van der Waals surface area contributed by atoms with E-state index in [1.54, 1.807) is 14.2 Å². The van der Waals surface area contributed by atoms with E-state index in [2.05, 4.69) is 29.6 Å². The lowest BCUT2D eigenvalue weighted by atomic mass is 9.77. The van der Waals surface area contributed by atoms with Crippen molar-refractivity contribution in [3.8, 4) is 11.5 Å². The van der Waals surface area contributed by atoms with Crippen molar-refractivity contribution >= 4 is 0 Å². The van der Waals surface area contributed by atoms with Gasteiger partial charge in [0.15, 0.2) is 0 Å². The number of hydrogen-bond donors (Lipinski definition) is 2. The van der Waals surface area contributed by atoms with Gasteiger partial charge in [-0.05, 0) is 105 Å². The van der Waals surface area contributed by atoms with Gasteiger partial charge in [-0.1, -0.05) is 0 Å². The van der Waals surface area contributed by atoms with Gasteiger partial charge < -0.3 is 19.9 Å². The predicted molar refractivity (Wildman–Crippen MR) is 109 cm³/mol. The average Bonchev–Trinajstić information content (AvgIpc) is 3.15. The molecule has 1 saturated heterocycles. The van der Waals surface area contributed by atoms with Crippen LogP contribution < -0.4 is 14.8 Å². The largest absolute Gasteiger partial charge is 0.496 e. The number of aryl methyl sites for hydroxylation is 4. The Bertz CT molecular complexity index is 732. The van der Waals surface area contributed by atoms with Crippen molar-refractivity contribution in [1.82, 2.24) is 5.32 Å². The fourth-order valence-corrected chi connectivity index (χ4v) is 4.59. The molecule has 0 saturated carbocycles. The molecule has 0 amide bonds. The summed E-state index contributed by atoms with van der Waals surface area (Å²) in [5.41, 5.74) is 4.83. The van der Waals surface area contributed by atoms with Crippen molar-refractivity contribution in [2.24, 2.45) is 0 Å². The molecular weight excluding hydrogens is 338 g/mol. The Morgan fingerprint density at radius 2 is 1.26 bits per heavy atom. The van der Waals surface area contributed by atoms with Crippen molar-refractivity contribution in [2.45, 2.75) is 52.2 Å². The van der Waals surface area contributed by atoms with Gasteiger partial charge in [-0.15, -0.1) is 0 Å². The van der Waals surface area contributed by atoms with Crippen LogP contribution in [0.5, 0.6) is 11.5 Å². The monoisotopic (exact) mass is 369 g/mol. The first-order valence-electron chi connectivity index (χ1n) is 9.60. The van der Waals surface area contributed by atoms with Gasteiger partial charge in [0.2, 0.25) is 0 Å². The Balaban J connectivity index is 2.23. The van der Waals surface area contributed by atoms with Gasteiger partial charge in [-0.3, -0.25) is 0 Å². The molecule has 146 valence electrons. The minimum absolute atomic E-state index is 0.0307. The first-order valence-corrected chi connectivity index (χ1v) is 9.60. The lowest BCUT2D eigenvalue weighted by molar-refractivity contribution is 0.0439. The van der Waals surface area contributed by atoms with Crippen LogP contribution in [-0.2, 0) is 5.60 Å². The molecule has 1 aliphatic rings. The molecule has 27 heavy (non-hydrogen) atoms. The molecule has 0 spiro atoms. The molecule has 0 aliphatic carbocycles. The second-order valence-corrected chi connectivity index (χ2v) is 7.70. The highest BCUT2D eigenvalue weighted by molar-refractivity contribution is 5.52. The summed E-state index contributed by atoms with van der Waals surface area (Å²) in [6.45, 7) is 9.05. The number of hydrogen-bond acceptors (Lipinski definition) is 4. The van der Waals surface area contributed by atoms with Gasteiger partial charge in [0.05, 0.1) is 14.2 Å². The quantitative estimate of drug-likeness (QED) is 0.839. The van der Waals surface area contributed by atoms with E-state index in [1.165, 1.54) is 0 Å². The Morgan fingerprint density at radius 3 is 1.56 bits per heavy atom. The molecule has 2 aromatic rings. The molecule has 1 fully saturated rings. The zero-order chi connectivity index (χ0) is 19.8. The third-order valence-corrected chi connectivity index (χ3v) is 5.77. The molecule has 4 nitrogen and oxygen atoms in total. The van der Waals surface area contributed by atoms with Crippen molar-refractivity contribution in [2.75, 3.05) is 20.8 Å². The molecule has 1 atom stereocenters. The number of ether oxygens (including phenoxy) is 2. The van der Waals surface area contributed by atoms with E-state index in [9.17, 15) is 5.11 Å². The fraction of sp³-hybridized carbons (Fsp3) is 0.478. The molecule has 2 N–H and O–H groups in total. The average molecular weight is 370 g/mol. The normalized spacial score (nSPS) is 17.2. The second-order valence-electron chi connectivity index (χ2n) is 7.70. The van der Waals surface area contributed by atoms with E-state index in [0.717, 1.165) is 64.3 Å². The first-order chi connectivity index (χ1) is 12.8. The SMILES string of the molecule is COc1c(C)cc(C(O)(c2cc(C)c(OC)c(C)c2)[C@@H]2CCCN2)cc1C. The predicted octanol–water partition coefficient (Wildman–Crippen LogP) is 3.93. The number of nitrogens with one attached hydrogen (secondary N) is 1. The first kappa shape index (κ1) is 19.7. The van der Waals surface area contributed by atoms with Gasteiger partial charge in [-0.25, -0.2) is 0 Å². The summed E-state index contributed by atoms with van der Waals surface area (Å²) in [5.74, 6) is 1.75. The summed E-state index contributed by atoms with van der Waals surface area (Å²) in [5, 5.41) is 15.7. The summed E-state index contributed by atoms with van der Waals surface area (Å²) in [4.78, 5) is 0. The molecule has 0 bridgehead atoms. The van der Waals surface area contributed by atoms with E-state index >= 15 is 0 Å². The summed E-state index contributed by atoms with van der Waals surface area (Å²) < 4.78 is 11.1. The van der Waals surface area contributed by atoms with Crippen LogP contribution in [0.15, 0.2) is 24.3 Å². The van der Waals surface area contributed by atoms with Gasteiger partial charge in [-0.2, -0.15) is 0 Å². The molecule has 2 aromatic carbocycles. The smallest absolute Gasteiger partial charge is 0.130 e. The maximum atomic E-state index is 12.1. The molecule has 4 heteroatoms. The summed E-state index contributed by atoms with van der Waals surface area (Å²) in [6, 6.07) is 8.19.